The molecule has 0 heterocycles. The minimum absolute atomic E-state index is 0.0193. The molecule has 2 amide bonds. The van der Waals surface area contributed by atoms with Crippen LogP contribution in [0.2, 0.25) is 10.0 Å². The number of nitrogens with zero attached hydrogens (tertiary/aromatic N) is 1. The van der Waals surface area contributed by atoms with Crippen LogP contribution >= 0.6 is 23.2 Å². The first-order valence-corrected chi connectivity index (χ1v) is 8.02. The third-order valence-electron chi connectivity index (χ3n) is 2.75. The summed E-state index contributed by atoms with van der Waals surface area (Å²) in [6.45, 7) is 0.0506. The van der Waals surface area contributed by atoms with Gasteiger partial charge in [-0.3, -0.25) is 9.59 Å². The Bertz CT molecular complexity index is 673. The van der Waals surface area contributed by atoms with Crippen molar-refractivity contribution >= 4 is 47.2 Å². The fraction of sp³-hybridized carbons (Fsp3) is 0.333. The van der Waals surface area contributed by atoms with Gasteiger partial charge in [0.2, 0.25) is 0 Å². The summed E-state index contributed by atoms with van der Waals surface area (Å²) in [7, 11) is 1.53. The number of nitrogens with one attached hydrogen (secondary N) is 2. The lowest BCUT2D eigenvalue weighted by Gasteiger charge is -2.11. The maximum atomic E-state index is 11.5. The van der Waals surface area contributed by atoms with Crippen molar-refractivity contribution in [3.63, 3.8) is 0 Å². The summed E-state index contributed by atoms with van der Waals surface area (Å²) >= 11 is 11.9. The highest BCUT2D eigenvalue weighted by molar-refractivity contribution is 6.37. The third-order valence-corrected chi connectivity index (χ3v) is 3.31. The highest BCUT2D eigenvalue weighted by atomic mass is 35.5. The van der Waals surface area contributed by atoms with Crippen molar-refractivity contribution in [1.82, 2.24) is 10.7 Å². The van der Waals surface area contributed by atoms with Crippen LogP contribution in [0.15, 0.2) is 17.2 Å². The Kier molecular flexibility index (Phi) is 9.42. The fourth-order valence-corrected chi connectivity index (χ4v) is 2.25. The van der Waals surface area contributed by atoms with Gasteiger partial charge in [-0.15, -0.1) is 0 Å². The first-order chi connectivity index (χ1) is 12.3. The largest absolute Gasteiger partial charge is 0.546 e. The number of aliphatic carboxylic acids is 1. The summed E-state index contributed by atoms with van der Waals surface area (Å²) in [6.07, 6.45) is 1.78. The minimum atomic E-state index is -1.43. The fourth-order valence-electron chi connectivity index (χ4n) is 1.64. The van der Waals surface area contributed by atoms with Crippen LogP contribution in [0.4, 0.5) is 0 Å². The zero-order valence-corrected chi connectivity index (χ0v) is 15.2. The number of carboxylic acids is 1. The van der Waals surface area contributed by atoms with Gasteiger partial charge >= 0.3 is 11.8 Å². The van der Waals surface area contributed by atoms with E-state index in [1.807, 2.05) is 5.43 Å². The number of ether oxygens (including phenoxy) is 2. The van der Waals surface area contributed by atoms with Crippen molar-refractivity contribution in [3.8, 4) is 5.75 Å². The molecule has 26 heavy (non-hydrogen) atoms. The van der Waals surface area contributed by atoms with Gasteiger partial charge in [-0.05, 0) is 24.1 Å². The van der Waals surface area contributed by atoms with Gasteiger partial charge in [0.05, 0.1) is 22.2 Å². The van der Waals surface area contributed by atoms with Gasteiger partial charge < -0.3 is 24.7 Å². The minimum Gasteiger partial charge on any atom is -0.546 e. The number of halogens is 2. The van der Waals surface area contributed by atoms with Gasteiger partial charge in [0.25, 0.3) is 0 Å². The molecule has 0 saturated heterocycles. The molecule has 0 spiro atoms. The number of hydrogen-bond acceptors (Lipinski definition) is 7. The van der Waals surface area contributed by atoms with Gasteiger partial charge in [0, 0.05) is 20.3 Å². The number of amides is 2. The maximum Gasteiger partial charge on any atom is 0.329 e. The van der Waals surface area contributed by atoms with E-state index in [0.717, 1.165) is 0 Å². The van der Waals surface area contributed by atoms with Crippen LogP contribution in [0.25, 0.3) is 0 Å². The van der Waals surface area contributed by atoms with E-state index in [1.54, 1.807) is 0 Å². The Morgan fingerprint density at radius 3 is 2.46 bits per heavy atom. The average Bonchev–Trinajstić information content (AvgIpc) is 2.57. The Morgan fingerprint density at radius 2 is 1.88 bits per heavy atom. The van der Waals surface area contributed by atoms with E-state index in [9.17, 15) is 19.5 Å². The van der Waals surface area contributed by atoms with Gasteiger partial charge in [-0.2, -0.15) is 5.10 Å². The molecule has 1 aromatic rings. The molecule has 0 aliphatic rings. The number of carbonyl (C=O) groups excluding carboxylic acids is 3. The van der Waals surface area contributed by atoms with Crippen LogP contribution in [0, 0.1) is 0 Å². The summed E-state index contributed by atoms with van der Waals surface area (Å²) in [5, 5.41) is 16.5. The van der Waals surface area contributed by atoms with Crippen LogP contribution in [-0.2, 0) is 19.1 Å². The van der Waals surface area contributed by atoms with Crippen molar-refractivity contribution in [1.29, 1.82) is 0 Å². The highest BCUT2D eigenvalue weighted by Gasteiger charge is 2.12. The van der Waals surface area contributed by atoms with Crippen LogP contribution in [0.1, 0.15) is 12.0 Å². The molecule has 0 aliphatic heterocycles. The van der Waals surface area contributed by atoms with Crippen LogP contribution in [0.3, 0.4) is 0 Å². The molecule has 0 aromatic heterocycles. The number of hydrogen-bond donors (Lipinski definition) is 2. The lowest BCUT2D eigenvalue weighted by atomic mass is 10.2. The number of benzene rings is 1. The van der Waals surface area contributed by atoms with E-state index in [1.165, 1.54) is 25.5 Å². The molecular weight excluding hydrogens is 389 g/mol. The monoisotopic (exact) mass is 404 g/mol. The van der Waals surface area contributed by atoms with E-state index in [-0.39, 0.29) is 15.8 Å². The summed E-state index contributed by atoms with van der Waals surface area (Å²) in [4.78, 5) is 33.4. The lowest BCUT2D eigenvalue weighted by molar-refractivity contribution is -0.307. The number of methoxy groups -OCH3 is 1. The maximum absolute atomic E-state index is 11.5. The van der Waals surface area contributed by atoms with Crippen LogP contribution in [-0.4, -0.2) is 50.9 Å². The first-order valence-electron chi connectivity index (χ1n) is 7.27. The quantitative estimate of drug-likeness (QED) is 0.252. The van der Waals surface area contributed by atoms with Gasteiger partial charge in [-0.1, -0.05) is 23.2 Å². The van der Waals surface area contributed by atoms with E-state index in [2.05, 4.69) is 10.4 Å². The van der Waals surface area contributed by atoms with Crippen LogP contribution in [0.5, 0.6) is 5.75 Å². The molecule has 0 bridgehead atoms. The number of carboxylic acid groups (broad SMARTS) is 1. The molecular formula is C15H16Cl2N3O6-. The zero-order valence-electron chi connectivity index (χ0n) is 13.7. The van der Waals surface area contributed by atoms with Crippen molar-refractivity contribution in [2.24, 2.45) is 5.10 Å². The predicted octanol–water partition coefficient (Wildman–Crippen LogP) is -0.275. The average molecular weight is 405 g/mol. The van der Waals surface area contributed by atoms with Crippen molar-refractivity contribution in [2.75, 3.05) is 26.9 Å². The van der Waals surface area contributed by atoms with Crippen molar-refractivity contribution < 1.29 is 29.0 Å². The molecule has 0 saturated carbocycles. The van der Waals surface area contributed by atoms with Crippen molar-refractivity contribution in [3.05, 3.63) is 27.7 Å². The predicted molar refractivity (Wildman–Crippen MR) is 92.2 cm³/mol. The molecule has 0 radical (unpaired) electrons. The number of rotatable bonds is 9. The SMILES string of the molecule is COCCCNC(=O)C(=O)N/N=C\c1cc(Cl)c(OCC(=O)[O-])c(Cl)c1. The second-order valence-electron chi connectivity index (χ2n) is 4.78. The molecule has 1 rings (SSSR count). The van der Waals surface area contributed by atoms with E-state index in [0.29, 0.717) is 25.1 Å². The molecule has 0 atom stereocenters. The van der Waals surface area contributed by atoms with E-state index < -0.39 is 24.4 Å². The molecule has 2 N–H and O–H groups in total. The number of hydrazone groups is 1. The molecule has 0 aliphatic carbocycles. The summed E-state index contributed by atoms with van der Waals surface area (Å²) in [5.41, 5.74) is 2.44. The zero-order chi connectivity index (χ0) is 19.5. The summed E-state index contributed by atoms with van der Waals surface area (Å²) < 4.78 is 9.73. The summed E-state index contributed by atoms with van der Waals surface area (Å²) in [5.74, 6) is -3.22. The molecule has 11 heteroatoms. The smallest absolute Gasteiger partial charge is 0.329 e. The molecule has 0 unspecified atom stereocenters. The lowest BCUT2D eigenvalue weighted by Crippen LogP contribution is -2.38. The standard InChI is InChI=1S/C15H17Cl2N3O6/c1-25-4-2-3-18-14(23)15(24)20-19-7-9-5-10(16)13(11(17)6-9)26-8-12(21)22/h5-7H,2-4,8H2,1H3,(H,18,23)(H,20,24)(H,21,22)/p-1/b19-7-. The molecule has 9 nitrogen and oxygen atoms in total. The normalized spacial score (nSPS) is 10.6. The Labute approximate surface area is 159 Å². The molecule has 142 valence electrons. The second kappa shape index (κ2) is 11.3. The number of carbonyl (C=O) groups is 3. The van der Waals surface area contributed by atoms with Crippen LogP contribution < -0.4 is 20.6 Å². The molecule has 0 fully saturated rings. The Balaban J connectivity index is 2.58. The molecule has 1 aromatic carbocycles. The van der Waals surface area contributed by atoms with E-state index in [4.69, 9.17) is 32.7 Å². The third kappa shape index (κ3) is 7.68. The first kappa shape index (κ1) is 21.7. The van der Waals surface area contributed by atoms with Gasteiger partial charge in [-0.25, -0.2) is 5.43 Å². The van der Waals surface area contributed by atoms with Crippen molar-refractivity contribution in [2.45, 2.75) is 6.42 Å². The van der Waals surface area contributed by atoms with Gasteiger partial charge in [0.15, 0.2) is 5.75 Å². The summed E-state index contributed by atoms with van der Waals surface area (Å²) in [6, 6.07) is 2.77. The van der Waals surface area contributed by atoms with Gasteiger partial charge in [0.1, 0.15) is 6.61 Å². The topological polar surface area (TPSA) is 129 Å². The van der Waals surface area contributed by atoms with E-state index >= 15 is 0 Å². The Hall–Kier alpha value is -2.36. The Morgan fingerprint density at radius 1 is 1.23 bits per heavy atom. The second-order valence-corrected chi connectivity index (χ2v) is 5.59. The highest BCUT2D eigenvalue weighted by Crippen LogP contribution is 2.33.